The Bertz CT molecular complexity index is 991. The Hall–Kier alpha value is -2.64. The van der Waals surface area contributed by atoms with Gasteiger partial charge in [-0.05, 0) is 36.8 Å². The van der Waals surface area contributed by atoms with Gasteiger partial charge in [0.25, 0.3) is 0 Å². The fraction of sp³-hybridized carbons (Fsp3) is 0.200. The van der Waals surface area contributed by atoms with Crippen LogP contribution in [0.5, 0.6) is 11.5 Å². The fourth-order valence-corrected chi connectivity index (χ4v) is 3.60. The highest BCUT2D eigenvalue weighted by Crippen LogP contribution is 2.30. The highest BCUT2D eigenvalue weighted by atomic mass is 35.5. The molecule has 0 spiro atoms. The SMILES string of the molecule is COc1ccc(OC)c(NC(=O)CSc2nccn2-c2cccc(Cl)c2C)c1. The van der Waals surface area contributed by atoms with Gasteiger partial charge in [-0.2, -0.15) is 0 Å². The van der Waals surface area contributed by atoms with Crippen LogP contribution < -0.4 is 14.8 Å². The van der Waals surface area contributed by atoms with E-state index in [9.17, 15) is 4.79 Å². The number of anilines is 1. The number of amides is 1. The first-order valence-electron chi connectivity index (χ1n) is 8.47. The predicted molar refractivity (Wildman–Crippen MR) is 112 cm³/mol. The molecule has 0 atom stereocenters. The molecule has 1 amide bonds. The third-order valence-electron chi connectivity index (χ3n) is 4.12. The van der Waals surface area contributed by atoms with Crippen molar-refractivity contribution in [3.05, 3.63) is 59.4 Å². The van der Waals surface area contributed by atoms with Gasteiger partial charge in [0.05, 0.1) is 31.3 Å². The van der Waals surface area contributed by atoms with Crippen molar-refractivity contribution in [1.82, 2.24) is 9.55 Å². The third-order valence-corrected chi connectivity index (χ3v) is 5.49. The summed E-state index contributed by atoms with van der Waals surface area (Å²) in [6.45, 7) is 1.95. The van der Waals surface area contributed by atoms with Crippen LogP contribution in [0.25, 0.3) is 5.69 Å². The fourth-order valence-electron chi connectivity index (χ4n) is 2.67. The second kappa shape index (κ2) is 9.03. The Kier molecular flexibility index (Phi) is 6.49. The molecule has 1 N–H and O–H groups in total. The number of ether oxygens (including phenoxy) is 2. The lowest BCUT2D eigenvalue weighted by Crippen LogP contribution is -2.15. The summed E-state index contributed by atoms with van der Waals surface area (Å²) in [4.78, 5) is 16.8. The van der Waals surface area contributed by atoms with E-state index in [1.54, 1.807) is 38.6 Å². The number of methoxy groups -OCH3 is 2. The summed E-state index contributed by atoms with van der Waals surface area (Å²) in [7, 11) is 3.12. The second-order valence-corrected chi connectivity index (χ2v) is 7.22. The van der Waals surface area contributed by atoms with Crippen molar-refractivity contribution in [3.63, 3.8) is 0 Å². The van der Waals surface area contributed by atoms with E-state index in [0.29, 0.717) is 27.4 Å². The number of rotatable bonds is 7. The number of nitrogens with zero attached hydrogens (tertiary/aromatic N) is 2. The Morgan fingerprint density at radius 3 is 2.82 bits per heavy atom. The molecule has 2 aromatic carbocycles. The normalized spacial score (nSPS) is 10.6. The van der Waals surface area contributed by atoms with E-state index in [1.165, 1.54) is 11.8 Å². The maximum atomic E-state index is 12.5. The van der Waals surface area contributed by atoms with Gasteiger partial charge in [-0.3, -0.25) is 9.36 Å². The van der Waals surface area contributed by atoms with Crippen molar-refractivity contribution >= 4 is 35.0 Å². The molecule has 8 heteroatoms. The topological polar surface area (TPSA) is 65.4 Å². The van der Waals surface area contributed by atoms with Gasteiger partial charge in [0.1, 0.15) is 11.5 Å². The zero-order valence-corrected chi connectivity index (χ0v) is 17.3. The van der Waals surface area contributed by atoms with Crippen LogP contribution in [0.1, 0.15) is 5.56 Å². The number of nitrogens with one attached hydrogen (secondary N) is 1. The van der Waals surface area contributed by atoms with Crippen LogP contribution in [-0.2, 0) is 4.79 Å². The van der Waals surface area contributed by atoms with Crippen molar-refractivity contribution in [3.8, 4) is 17.2 Å². The van der Waals surface area contributed by atoms with Crippen LogP contribution in [0, 0.1) is 6.92 Å². The molecular formula is C20H20ClN3O3S. The van der Waals surface area contributed by atoms with Crippen LogP contribution >= 0.6 is 23.4 Å². The minimum absolute atomic E-state index is 0.172. The number of imidazole rings is 1. The highest BCUT2D eigenvalue weighted by Gasteiger charge is 2.13. The molecule has 3 rings (SSSR count). The van der Waals surface area contributed by atoms with Gasteiger partial charge in [0.15, 0.2) is 5.16 Å². The van der Waals surface area contributed by atoms with Crippen molar-refractivity contribution in [2.24, 2.45) is 0 Å². The van der Waals surface area contributed by atoms with Gasteiger partial charge in [0, 0.05) is 23.5 Å². The zero-order chi connectivity index (χ0) is 20.1. The summed E-state index contributed by atoms with van der Waals surface area (Å²) in [5.41, 5.74) is 2.44. The quantitative estimate of drug-likeness (QED) is 0.570. The van der Waals surface area contributed by atoms with Crippen molar-refractivity contribution in [2.45, 2.75) is 12.1 Å². The van der Waals surface area contributed by atoms with Gasteiger partial charge in [-0.25, -0.2) is 4.98 Å². The average Bonchev–Trinajstić information content (AvgIpc) is 3.16. The van der Waals surface area contributed by atoms with Gasteiger partial charge in [0.2, 0.25) is 5.91 Å². The standard InChI is InChI=1S/C20H20ClN3O3S/c1-13-15(21)5-4-6-17(13)24-10-9-22-20(24)28-12-19(25)23-16-11-14(26-2)7-8-18(16)27-3/h4-11H,12H2,1-3H3,(H,23,25). The summed E-state index contributed by atoms with van der Waals surface area (Å²) in [6.07, 6.45) is 3.55. The molecule has 0 bridgehead atoms. The average molecular weight is 418 g/mol. The van der Waals surface area contributed by atoms with E-state index < -0.39 is 0 Å². The van der Waals surface area contributed by atoms with Gasteiger partial charge < -0.3 is 14.8 Å². The summed E-state index contributed by atoms with van der Waals surface area (Å²) in [6, 6.07) is 10.9. The summed E-state index contributed by atoms with van der Waals surface area (Å²) >= 11 is 7.57. The summed E-state index contributed by atoms with van der Waals surface area (Å²) in [5.74, 6) is 1.22. The molecule has 0 aliphatic rings. The zero-order valence-electron chi connectivity index (χ0n) is 15.7. The van der Waals surface area contributed by atoms with Crippen molar-refractivity contribution in [2.75, 3.05) is 25.3 Å². The number of hydrogen-bond acceptors (Lipinski definition) is 5. The number of thioether (sulfide) groups is 1. The van der Waals surface area contributed by atoms with E-state index in [-0.39, 0.29) is 11.7 Å². The largest absolute Gasteiger partial charge is 0.497 e. The lowest BCUT2D eigenvalue weighted by molar-refractivity contribution is -0.113. The number of carbonyl (C=O) groups is 1. The Morgan fingerprint density at radius 1 is 1.25 bits per heavy atom. The van der Waals surface area contributed by atoms with Crippen molar-refractivity contribution in [1.29, 1.82) is 0 Å². The summed E-state index contributed by atoms with van der Waals surface area (Å²) < 4.78 is 12.4. The number of hydrogen-bond donors (Lipinski definition) is 1. The highest BCUT2D eigenvalue weighted by molar-refractivity contribution is 7.99. The van der Waals surface area contributed by atoms with Gasteiger partial charge >= 0.3 is 0 Å². The molecule has 0 saturated carbocycles. The first-order chi connectivity index (χ1) is 13.5. The van der Waals surface area contributed by atoms with Crippen LogP contribution in [0.15, 0.2) is 53.9 Å². The second-order valence-electron chi connectivity index (χ2n) is 5.87. The van der Waals surface area contributed by atoms with Gasteiger partial charge in [-0.15, -0.1) is 0 Å². The molecule has 6 nitrogen and oxygen atoms in total. The molecule has 1 aromatic heterocycles. The molecule has 0 aliphatic carbocycles. The van der Waals surface area contributed by atoms with E-state index >= 15 is 0 Å². The monoisotopic (exact) mass is 417 g/mol. The predicted octanol–water partition coefficient (Wildman–Crippen LogP) is 4.58. The summed E-state index contributed by atoms with van der Waals surface area (Å²) in [5, 5.41) is 4.25. The van der Waals surface area contributed by atoms with E-state index in [4.69, 9.17) is 21.1 Å². The molecule has 0 fully saturated rings. The number of aromatic nitrogens is 2. The Balaban J connectivity index is 1.72. The van der Waals surface area contributed by atoms with E-state index in [1.807, 2.05) is 35.9 Å². The molecular weight excluding hydrogens is 398 g/mol. The molecule has 146 valence electrons. The van der Waals surface area contributed by atoms with Crippen LogP contribution in [0.3, 0.4) is 0 Å². The van der Waals surface area contributed by atoms with Crippen LogP contribution in [-0.4, -0.2) is 35.4 Å². The van der Waals surface area contributed by atoms with E-state index in [0.717, 1.165) is 11.3 Å². The number of halogens is 1. The van der Waals surface area contributed by atoms with Crippen LogP contribution in [0.4, 0.5) is 5.69 Å². The first kappa shape index (κ1) is 20.1. The molecule has 3 aromatic rings. The lowest BCUT2D eigenvalue weighted by atomic mass is 10.2. The molecule has 0 radical (unpaired) electrons. The Labute approximate surface area is 172 Å². The molecule has 28 heavy (non-hydrogen) atoms. The van der Waals surface area contributed by atoms with Crippen molar-refractivity contribution < 1.29 is 14.3 Å². The molecule has 1 heterocycles. The molecule has 0 saturated heterocycles. The smallest absolute Gasteiger partial charge is 0.234 e. The maximum absolute atomic E-state index is 12.5. The maximum Gasteiger partial charge on any atom is 0.234 e. The van der Waals surface area contributed by atoms with Crippen LogP contribution in [0.2, 0.25) is 5.02 Å². The Morgan fingerprint density at radius 2 is 2.07 bits per heavy atom. The first-order valence-corrected chi connectivity index (χ1v) is 9.83. The van der Waals surface area contributed by atoms with Gasteiger partial charge in [-0.1, -0.05) is 29.4 Å². The third kappa shape index (κ3) is 4.43. The van der Waals surface area contributed by atoms with E-state index in [2.05, 4.69) is 10.3 Å². The number of benzene rings is 2. The number of carbonyl (C=O) groups excluding carboxylic acids is 1. The minimum atomic E-state index is -0.172. The molecule has 0 unspecified atom stereocenters. The lowest BCUT2D eigenvalue weighted by Gasteiger charge is -2.13. The minimum Gasteiger partial charge on any atom is -0.497 e. The molecule has 0 aliphatic heterocycles.